The van der Waals surface area contributed by atoms with E-state index in [0.717, 1.165) is 29.8 Å². The number of nitrogens with one attached hydrogen (secondary N) is 2. The minimum absolute atomic E-state index is 0.0101. The van der Waals surface area contributed by atoms with Gasteiger partial charge in [0.1, 0.15) is 0 Å². The molecule has 0 saturated heterocycles. The number of carbonyl (C=O) groups excluding carboxylic acids is 2. The van der Waals surface area contributed by atoms with Crippen LogP contribution in [0.4, 0.5) is 5.69 Å². The molecule has 0 atom stereocenters. The summed E-state index contributed by atoms with van der Waals surface area (Å²) in [6.07, 6.45) is 2.16. The molecule has 2 N–H and O–H groups in total. The summed E-state index contributed by atoms with van der Waals surface area (Å²) < 4.78 is 0. The quantitative estimate of drug-likeness (QED) is 0.766. The van der Waals surface area contributed by atoms with Gasteiger partial charge >= 0.3 is 0 Å². The Morgan fingerprint density at radius 2 is 1.72 bits per heavy atom. The van der Waals surface area contributed by atoms with Crippen LogP contribution in [-0.4, -0.2) is 23.6 Å². The van der Waals surface area contributed by atoms with Gasteiger partial charge in [-0.15, -0.1) is 11.8 Å². The third-order valence-corrected chi connectivity index (χ3v) is 5.01. The van der Waals surface area contributed by atoms with E-state index >= 15 is 0 Å². The Balaban J connectivity index is 1.41. The van der Waals surface area contributed by atoms with Crippen LogP contribution in [0, 0.1) is 0 Å². The van der Waals surface area contributed by atoms with Crippen LogP contribution in [0.5, 0.6) is 0 Å². The van der Waals surface area contributed by atoms with Gasteiger partial charge in [0.2, 0.25) is 5.91 Å². The molecule has 2 aromatic carbocycles. The van der Waals surface area contributed by atoms with Crippen LogP contribution in [0.3, 0.4) is 0 Å². The van der Waals surface area contributed by atoms with Gasteiger partial charge in [-0.1, -0.05) is 23.7 Å². The number of rotatable bonds is 7. The molecule has 1 aliphatic rings. The summed E-state index contributed by atoms with van der Waals surface area (Å²) in [7, 11) is 0. The van der Waals surface area contributed by atoms with E-state index in [0.29, 0.717) is 22.4 Å². The van der Waals surface area contributed by atoms with E-state index in [1.165, 1.54) is 11.8 Å². The minimum Gasteiger partial charge on any atom is -0.349 e. The lowest BCUT2D eigenvalue weighted by Gasteiger charge is -2.06. The molecule has 1 aliphatic carbocycles. The fourth-order valence-corrected chi connectivity index (χ4v) is 3.15. The lowest BCUT2D eigenvalue weighted by Crippen LogP contribution is -2.25. The molecule has 25 heavy (non-hydrogen) atoms. The topological polar surface area (TPSA) is 58.2 Å². The second-order valence-corrected chi connectivity index (χ2v) is 7.41. The van der Waals surface area contributed by atoms with Crippen molar-refractivity contribution in [3.63, 3.8) is 0 Å². The van der Waals surface area contributed by atoms with Gasteiger partial charge in [-0.05, 0) is 54.8 Å². The number of anilines is 1. The third kappa shape index (κ3) is 5.80. The van der Waals surface area contributed by atoms with Gasteiger partial charge in [0.05, 0.1) is 5.75 Å². The molecule has 1 saturated carbocycles. The van der Waals surface area contributed by atoms with E-state index in [1.807, 2.05) is 24.3 Å². The molecule has 0 spiro atoms. The second-order valence-electron chi connectivity index (χ2n) is 5.99. The number of carbonyl (C=O) groups is 2. The first-order valence-electron chi connectivity index (χ1n) is 8.13. The van der Waals surface area contributed by atoms with Gasteiger partial charge in [0.25, 0.3) is 5.91 Å². The van der Waals surface area contributed by atoms with E-state index in [2.05, 4.69) is 10.6 Å². The van der Waals surface area contributed by atoms with Crippen molar-refractivity contribution in [3.8, 4) is 0 Å². The zero-order valence-corrected chi connectivity index (χ0v) is 15.2. The molecule has 3 rings (SSSR count). The largest absolute Gasteiger partial charge is 0.349 e. The summed E-state index contributed by atoms with van der Waals surface area (Å²) in [5.74, 6) is 1.03. The maximum absolute atomic E-state index is 11.9. The van der Waals surface area contributed by atoms with Crippen LogP contribution in [-0.2, 0) is 10.5 Å². The summed E-state index contributed by atoms with van der Waals surface area (Å²) in [6.45, 7) is 0. The molecular formula is C19H19ClN2O2S. The lowest BCUT2D eigenvalue weighted by atomic mass is 10.1. The maximum atomic E-state index is 11.9. The zero-order chi connectivity index (χ0) is 17.6. The predicted octanol–water partition coefficient (Wildman–Crippen LogP) is 4.10. The van der Waals surface area contributed by atoms with Gasteiger partial charge in [0.15, 0.2) is 0 Å². The summed E-state index contributed by atoms with van der Waals surface area (Å²) >= 11 is 7.35. The van der Waals surface area contributed by atoms with Crippen LogP contribution in [0.15, 0.2) is 48.5 Å². The molecule has 0 bridgehead atoms. The monoisotopic (exact) mass is 374 g/mol. The van der Waals surface area contributed by atoms with Crippen molar-refractivity contribution in [2.24, 2.45) is 0 Å². The molecule has 0 aromatic heterocycles. The van der Waals surface area contributed by atoms with E-state index in [4.69, 9.17) is 11.6 Å². The molecule has 2 aromatic rings. The van der Waals surface area contributed by atoms with Crippen LogP contribution >= 0.6 is 23.4 Å². The highest BCUT2D eigenvalue weighted by molar-refractivity contribution is 7.99. The summed E-state index contributed by atoms with van der Waals surface area (Å²) in [4.78, 5) is 23.8. The van der Waals surface area contributed by atoms with E-state index in [-0.39, 0.29) is 11.8 Å². The average Bonchev–Trinajstić information content (AvgIpc) is 3.41. The highest BCUT2D eigenvalue weighted by Crippen LogP contribution is 2.20. The van der Waals surface area contributed by atoms with Gasteiger partial charge < -0.3 is 10.6 Å². The first-order valence-corrected chi connectivity index (χ1v) is 9.66. The Morgan fingerprint density at radius 1 is 1.04 bits per heavy atom. The Kier molecular flexibility index (Phi) is 6.00. The Morgan fingerprint density at radius 3 is 2.36 bits per heavy atom. The van der Waals surface area contributed by atoms with Crippen molar-refractivity contribution in [1.29, 1.82) is 0 Å². The van der Waals surface area contributed by atoms with Gasteiger partial charge in [-0.3, -0.25) is 9.59 Å². The third-order valence-electron chi connectivity index (χ3n) is 3.76. The molecule has 0 radical (unpaired) electrons. The number of halogens is 1. The van der Waals surface area contributed by atoms with Gasteiger partial charge in [-0.2, -0.15) is 0 Å². The standard InChI is InChI=1S/C19H19ClN2O2S/c20-15-5-7-16(8-6-15)21-18(23)12-25-11-13-1-3-14(4-2-13)19(24)22-17-9-10-17/h1-8,17H,9-12H2,(H,21,23)(H,22,24). The van der Waals surface area contributed by atoms with E-state index < -0.39 is 0 Å². The van der Waals surface area contributed by atoms with Crippen LogP contribution in [0.2, 0.25) is 5.02 Å². The second kappa shape index (κ2) is 8.41. The summed E-state index contributed by atoms with van der Waals surface area (Å²) in [5, 5.41) is 6.44. The number of hydrogen-bond donors (Lipinski definition) is 2. The number of benzene rings is 2. The van der Waals surface area contributed by atoms with E-state index in [1.54, 1.807) is 24.3 Å². The molecule has 4 nitrogen and oxygen atoms in total. The Labute approximate surface area is 156 Å². The molecule has 1 fully saturated rings. The first-order chi connectivity index (χ1) is 12.1. The van der Waals surface area contributed by atoms with Crippen molar-refractivity contribution in [2.75, 3.05) is 11.1 Å². The van der Waals surface area contributed by atoms with Crippen molar-refractivity contribution >= 4 is 40.9 Å². The Bertz CT molecular complexity index is 743. The highest BCUT2D eigenvalue weighted by Gasteiger charge is 2.23. The molecule has 130 valence electrons. The molecule has 0 heterocycles. The van der Waals surface area contributed by atoms with E-state index in [9.17, 15) is 9.59 Å². The SMILES string of the molecule is O=C(CSCc1ccc(C(=O)NC2CC2)cc1)Nc1ccc(Cl)cc1. The molecule has 2 amide bonds. The van der Waals surface area contributed by atoms with Gasteiger partial charge in [0, 0.05) is 28.1 Å². The van der Waals surface area contributed by atoms with Crippen molar-refractivity contribution in [2.45, 2.75) is 24.6 Å². The fraction of sp³-hybridized carbons (Fsp3) is 0.263. The van der Waals surface area contributed by atoms with Crippen LogP contribution in [0.25, 0.3) is 0 Å². The smallest absolute Gasteiger partial charge is 0.251 e. The summed E-state index contributed by atoms with van der Waals surface area (Å²) in [5.41, 5.74) is 2.51. The molecular weight excluding hydrogens is 356 g/mol. The average molecular weight is 375 g/mol. The van der Waals surface area contributed by atoms with Crippen molar-refractivity contribution in [3.05, 3.63) is 64.7 Å². The van der Waals surface area contributed by atoms with Crippen LogP contribution < -0.4 is 10.6 Å². The maximum Gasteiger partial charge on any atom is 0.251 e. The van der Waals surface area contributed by atoms with Gasteiger partial charge in [-0.25, -0.2) is 0 Å². The number of amides is 2. The Hall–Kier alpha value is -1.98. The van der Waals surface area contributed by atoms with Crippen molar-refractivity contribution in [1.82, 2.24) is 5.32 Å². The first kappa shape index (κ1) is 17.8. The predicted molar refractivity (Wildman–Crippen MR) is 103 cm³/mol. The lowest BCUT2D eigenvalue weighted by molar-refractivity contribution is -0.113. The normalized spacial score (nSPS) is 13.3. The van der Waals surface area contributed by atoms with Crippen LogP contribution in [0.1, 0.15) is 28.8 Å². The number of hydrogen-bond acceptors (Lipinski definition) is 3. The van der Waals surface area contributed by atoms with Crippen molar-refractivity contribution < 1.29 is 9.59 Å². The minimum atomic E-state index is -0.0484. The summed E-state index contributed by atoms with van der Waals surface area (Å²) in [6, 6.07) is 14.9. The fourth-order valence-electron chi connectivity index (χ4n) is 2.24. The number of thioether (sulfide) groups is 1. The zero-order valence-electron chi connectivity index (χ0n) is 13.6. The highest BCUT2D eigenvalue weighted by atomic mass is 35.5. The molecule has 0 unspecified atom stereocenters. The molecule has 0 aliphatic heterocycles. The molecule has 6 heteroatoms.